The summed E-state index contributed by atoms with van der Waals surface area (Å²) >= 11 is 6.98. The maximum atomic E-state index is 12.8. The van der Waals surface area contributed by atoms with Gasteiger partial charge in [-0.1, -0.05) is 25.0 Å². The molecule has 0 saturated heterocycles. The molecule has 168 valence electrons. The molecule has 2 aromatic heterocycles. The normalized spacial score (nSPS) is 16.8. The summed E-state index contributed by atoms with van der Waals surface area (Å²) in [5.41, 5.74) is 1.16. The number of H-pyrrole nitrogens is 1. The van der Waals surface area contributed by atoms with Gasteiger partial charge in [-0.15, -0.1) is 11.3 Å². The summed E-state index contributed by atoms with van der Waals surface area (Å²) < 4.78 is 13.9. The third-order valence-electron chi connectivity index (χ3n) is 6.40. The van der Waals surface area contributed by atoms with Gasteiger partial charge in [0.1, 0.15) is 13.2 Å². The molecule has 32 heavy (non-hydrogen) atoms. The molecule has 0 radical (unpaired) electrons. The fourth-order valence-electron chi connectivity index (χ4n) is 4.68. The predicted molar refractivity (Wildman–Crippen MR) is 126 cm³/mol. The number of nitrogens with zero attached hydrogens (tertiary/aromatic N) is 2. The average molecular weight is 471 g/mol. The van der Waals surface area contributed by atoms with Crippen molar-refractivity contribution in [3.8, 4) is 22.2 Å². The third kappa shape index (κ3) is 4.19. The number of ether oxygens (including phenoxy) is 2. The zero-order valence-electron chi connectivity index (χ0n) is 17.8. The van der Waals surface area contributed by atoms with Crippen LogP contribution in [0, 0.1) is 4.77 Å². The third-order valence-corrected chi connectivity index (χ3v) is 7.58. The Balaban J connectivity index is 1.25. The second-order valence-electron chi connectivity index (χ2n) is 8.35. The van der Waals surface area contributed by atoms with E-state index in [1.165, 1.54) is 18.4 Å². The number of hydrogen-bond donors (Lipinski definition) is 2. The molecule has 0 unspecified atom stereocenters. The fourth-order valence-corrected chi connectivity index (χ4v) is 5.63. The van der Waals surface area contributed by atoms with Crippen LogP contribution in [-0.2, 0) is 16.8 Å². The van der Waals surface area contributed by atoms with Gasteiger partial charge in [0.05, 0.1) is 4.88 Å². The van der Waals surface area contributed by atoms with E-state index in [4.69, 9.17) is 21.7 Å². The van der Waals surface area contributed by atoms with Crippen molar-refractivity contribution in [3.05, 3.63) is 46.0 Å². The standard InChI is InChI=1S/C23H26N4O3S2/c28-20(7-10-27-21(25-26-22(27)31)19-4-3-13-32-19)24-15-23(8-1-2-9-23)16-5-6-17-18(14-16)30-12-11-29-17/h3-6,13-14H,1-2,7-12,15H2,(H,24,28)(H,26,31). The molecule has 2 aliphatic rings. The first kappa shape index (κ1) is 21.2. The summed E-state index contributed by atoms with van der Waals surface area (Å²) in [6, 6.07) is 10.2. The summed E-state index contributed by atoms with van der Waals surface area (Å²) in [6.45, 7) is 2.28. The molecule has 1 aromatic carbocycles. The van der Waals surface area contributed by atoms with E-state index in [0.717, 1.165) is 35.0 Å². The zero-order valence-corrected chi connectivity index (χ0v) is 19.4. The van der Waals surface area contributed by atoms with E-state index in [1.807, 2.05) is 28.1 Å². The number of rotatable bonds is 7. The molecule has 0 bridgehead atoms. The van der Waals surface area contributed by atoms with Crippen molar-refractivity contribution >= 4 is 29.5 Å². The van der Waals surface area contributed by atoms with Crippen LogP contribution in [0.1, 0.15) is 37.7 Å². The number of fused-ring (bicyclic) bond motifs is 1. The van der Waals surface area contributed by atoms with Crippen LogP contribution < -0.4 is 14.8 Å². The molecule has 2 N–H and O–H groups in total. The largest absolute Gasteiger partial charge is 0.486 e. The lowest BCUT2D eigenvalue weighted by Crippen LogP contribution is -2.39. The van der Waals surface area contributed by atoms with Crippen molar-refractivity contribution in [3.63, 3.8) is 0 Å². The smallest absolute Gasteiger partial charge is 0.221 e. The highest BCUT2D eigenvalue weighted by Crippen LogP contribution is 2.43. The minimum Gasteiger partial charge on any atom is -0.486 e. The molecule has 1 amide bonds. The Morgan fingerprint density at radius 2 is 2.03 bits per heavy atom. The van der Waals surface area contributed by atoms with Crippen LogP contribution >= 0.6 is 23.6 Å². The molecule has 1 saturated carbocycles. The predicted octanol–water partition coefficient (Wildman–Crippen LogP) is 4.46. The Hall–Kier alpha value is -2.65. The Kier molecular flexibility index (Phi) is 6.01. The van der Waals surface area contributed by atoms with E-state index >= 15 is 0 Å². The lowest BCUT2D eigenvalue weighted by Gasteiger charge is -2.31. The number of carbonyl (C=O) groups excluding carboxylic acids is 1. The lowest BCUT2D eigenvalue weighted by atomic mass is 9.78. The van der Waals surface area contributed by atoms with Gasteiger partial charge >= 0.3 is 0 Å². The fraction of sp³-hybridized carbons (Fsp3) is 0.435. The monoisotopic (exact) mass is 470 g/mol. The van der Waals surface area contributed by atoms with Gasteiger partial charge in [0, 0.05) is 24.9 Å². The van der Waals surface area contributed by atoms with Crippen molar-refractivity contribution in [2.24, 2.45) is 0 Å². The summed E-state index contributed by atoms with van der Waals surface area (Å²) in [4.78, 5) is 13.8. The van der Waals surface area contributed by atoms with E-state index in [9.17, 15) is 4.79 Å². The van der Waals surface area contributed by atoms with Crippen LogP contribution in [0.15, 0.2) is 35.7 Å². The molecular formula is C23H26N4O3S2. The van der Waals surface area contributed by atoms with Crippen LogP contribution in [0.25, 0.3) is 10.7 Å². The highest BCUT2D eigenvalue weighted by molar-refractivity contribution is 7.71. The Morgan fingerprint density at radius 3 is 2.81 bits per heavy atom. The Labute approximate surface area is 195 Å². The van der Waals surface area contributed by atoms with Gasteiger partial charge < -0.3 is 14.8 Å². The first-order chi connectivity index (χ1) is 15.6. The highest BCUT2D eigenvalue weighted by atomic mass is 32.1. The Morgan fingerprint density at radius 1 is 1.22 bits per heavy atom. The average Bonchev–Trinajstić information content (AvgIpc) is 3.58. The van der Waals surface area contributed by atoms with Crippen molar-refractivity contribution in [2.75, 3.05) is 19.8 Å². The van der Waals surface area contributed by atoms with Crippen molar-refractivity contribution in [2.45, 2.75) is 44.1 Å². The van der Waals surface area contributed by atoms with Gasteiger partial charge in [-0.3, -0.25) is 14.5 Å². The van der Waals surface area contributed by atoms with E-state index in [-0.39, 0.29) is 11.3 Å². The number of hydrogen-bond acceptors (Lipinski definition) is 6. The number of carbonyl (C=O) groups is 1. The van der Waals surface area contributed by atoms with E-state index < -0.39 is 0 Å². The van der Waals surface area contributed by atoms with Crippen LogP contribution in [0.3, 0.4) is 0 Å². The number of thiophene rings is 1. The number of amides is 1. The highest BCUT2D eigenvalue weighted by Gasteiger charge is 2.36. The van der Waals surface area contributed by atoms with Crippen LogP contribution in [0.5, 0.6) is 11.5 Å². The molecule has 0 spiro atoms. The van der Waals surface area contributed by atoms with Gasteiger partial charge in [0.15, 0.2) is 22.1 Å². The molecule has 9 heteroatoms. The lowest BCUT2D eigenvalue weighted by molar-refractivity contribution is -0.121. The van der Waals surface area contributed by atoms with Gasteiger partial charge in [-0.25, -0.2) is 0 Å². The molecular weight excluding hydrogens is 444 g/mol. The zero-order chi connectivity index (χ0) is 22.0. The number of aromatic nitrogens is 3. The summed E-state index contributed by atoms with van der Waals surface area (Å²) in [7, 11) is 0. The topological polar surface area (TPSA) is 81.2 Å². The maximum absolute atomic E-state index is 12.8. The molecule has 1 fully saturated rings. The summed E-state index contributed by atoms with van der Waals surface area (Å²) in [6.07, 6.45) is 4.80. The first-order valence-corrected chi connectivity index (χ1v) is 12.3. The molecule has 1 aliphatic carbocycles. The van der Waals surface area contributed by atoms with Crippen LogP contribution in [0.4, 0.5) is 0 Å². The van der Waals surface area contributed by atoms with Gasteiger partial charge in [0.2, 0.25) is 5.91 Å². The molecule has 3 aromatic rings. The SMILES string of the molecule is O=C(CCn1c(-c2cccs2)n[nH]c1=S)NCC1(c2ccc3c(c2)OCCO3)CCCC1. The van der Waals surface area contributed by atoms with E-state index in [1.54, 1.807) is 11.3 Å². The second kappa shape index (κ2) is 9.07. The minimum atomic E-state index is -0.0560. The second-order valence-corrected chi connectivity index (χ2v) is 9.69. The van der Waals surface area contributed by atoms with E-state index in [2.05, 4.69) is 27.6 Å². The minimum absolute atomic E-state index is 0.0223. The van der Waals surface area contributed by atoms with Crippen molar-refractivity contribution < 1.29 is 14.3 Å². The van der Waals surface area contributed by atoms with Crippen molar-refractivity contribution in [1.82, 2.24) is 20.1 Å². The maximum Gasteiger partial charge on any atom is 0.221 e. The van der Waals surface area contributed by atoms with Gasteiger partial charge in [0.25, 0.3) is 0 Å². The van der Waals surface area contributed by atoms with E-state index in [0.29, 0.717) is 37.5 Å². The molecule has 0 atom stereocenters. The summed E-state index contributed by atoms with van der Waals surface area (Å²) in [5.74, 6) is 2.41. The first-order valence-electron chi connectivity index (χ1n) is 11.0. The van der Waals surface area contributed by atoms with Crippen LogP contribution in [0.2, 0.25) is 0 Å². The number of benzene rings is 1. The molecule has 3 heterocycles. The summed E-state index contributed by atoms with van der Waals surface area (Å²) in [5, 5.41) is 12.4. The quantitative estimate of drug-likeness (QED) is 0.499. The van der Waals surface area contributed by atoms with Crippen LogP contribution in [-0.4, -0.2) is 40.4 Å². The molecule has 1 aliphatic heterocycles. The van der Waals surface area contributed by atoms with Crippen molar-refractivity contribution in [1.29, 1.82) is 0 Å². The Bertz CT molecular complexity index is 1150. The number of aromatic amines is 1. The van der Waals surface area contributed by atoms with Gasteiger partial charge in [-0.2, -0.15) is 5.10 Å². The number of nitrogens with one attached hydrogen (secondary N) is 2. The molecule has 5 rings (SSSR count). The van der Waals surface area contributed by atoms with Gasteiger partial charge in [-0.05, 0) is 54.2 Å². The molecule has 7 nitrogen and oxygen atoms in total.